The Hall–Kier alpha value is -2.23. The molecule has 0 unspecified atom stereocenters. The molecule has 0 radical (unpaired) electrons. The van der Waals surface area contributed by atoms with Crippen LogP contribution in [0, 0.1) is 11.3 Å². The number of primary amides is 1. The predicted octanol–water partition coefficient (Wildman–Crippen LogP) is 2.84. The lowest BCUT2D eigenvalue weighted by atomic mass is 9.81. The molecule has 0 spiro atoms. The number of hydrogen-bond donors (Lipinski definition) is 2. The van der Waals surface area contributed by atoms with Gasteiger partial charge in [0.2, 0.25) is 5.91 Å². The van der Waals surface area contributed by atoms with Gasteiger partial charge in [-0.2, -0.15) is 5.26 Å². The number of hydrogen-bond acceptors (Lipinski definition) is 5. The highest BCUT2D eigenvalue weighted by Crippen LogP contribution is 2.40. The molecule has 1 heterocycles. The second kappa shape index (κ2) is 7.56. The van der Waals surface area contributed by atoms with Gasteiger partial charge >= 0.3 is 0 Å². The molecule has 5 nitrogen and oxygen atoms in total. The molecule has 0 fully saturated rings. The first-order valence-corrected chi connectivity index (χ1v) is 8.51. The van der Waals surface area contributed by atoms with Gasteiger partial charge in [-0.3, -0.25) is 9.59 Å². The molecule has 1 aromatic carbocycles. The van der Waals surface area contributed by atoms with Gasteiger partial charge in [-0.25, -0.2) is 0 Å². The highest BCUT2D eigenvalue weighted by molar-refractivity contribution is 8.03. The largest absolute Gasteiger partial charge is 0.369 e. The molecule has 1 atom stereocenters. The second-order valence-corrected chi connectivity index (χ2v) is 6.74. The standard InChI is InChI=1S/C17H16ClN3O2S/c1-9-15(10(2)22)16(11-3-5-12(18)6-4-11)13(7-19)17(21-9)24-8-14(20)23/h3-6,16,21H,8H2,1-2H3,(H2,20,23)/t16-/m1/s1. The van der Waals surface area contributed by atoms with Crippen LogP contribution in [0.15, 0.2) is 46.1 Å². The number of benzene rings is 1. The lowest BCUT2D eigenvalue weighted by molar-refractivity contribution is -0.115. The minimum atomic E-state index is -0.499. The molecule has 0 aromatic heterocycles. The molecule has 1 amide bonds. The van der Waals surface area contributed by atoms with Crippen LogP contribution in [0.1, 0.15) is 25.3 Å². The van der Waals surface area contributed by atoms with E-state index in [4.69, 9.17) is 17.3 Å². The van der Waals surface area contributed by atoms with Gasteiger partial charge in [0.15, 0.2) is 5.78 Å². The zero-order valence-electron chi connectivity index (χ0n) is 13.2. The number of carbonyl (C=O) groups excluding carboxylic acids is 2. The summed E-state index contributed by atoms with van der Waals surface area (Å²) in [5.41, 5.74) is 7.56. The topological polar surface area (TPSA) is 96.0 Å². The van der Waals surface area contributed by atoms with Crippen molar-refractivity contribution in [3.05, 3.63) is 56.7 Å². The van der Waals surface area contributed by atoms with Crippen LogP contribution in [0.5, 0.6) is 0 Å². The smallest absolute Gasteiger partial charge is 0.227 e. The third kappa shape index (κ3) is 3.81. The normalized spacial score (nSPS) is 17.3. The van der Waals surface area contributed by atoms with E-state index in [9.17, 15) is 14.9 Å². The van der Waals surface area contributed by atoms with Crippen molar-refractivity contribution in [2.45, 2.75) is 19.8 Å². The minimum Gasteiger partial charge on any atom is -0.369 e. The number of thioether (sulfide) groups is 1. The highest BCUT2D eigenvalue weighted by Gasteiger charge is 2.33. The Kier molecular flexibility index (Phi) is 5.71. The van der Waals surface area contributed by atoms with E-state index < -0.39 is 11.8 Å². The van der Waals surface area contributed by atoms with Crippen LogP contribution < -0.4 is 11.1 Å². The quantitative estimate of drug-likeness (QED) is 0.840. The Morgan fingerprint density at radius 1 is 1.38 bits per heavy atom. The molecule has 124 valence electrons. The van der Waals surface area contributed by atoms with Crippen LogP contribution in [0.2, 0.25) is 5.02 Å². The molecule has 3 N–H and O–H groups in total. The number of ketones is 1. The fraction of sp³-hybridized carbons (Fsp3) is 0.235. The number of Topliss-reactive ketones (excluding diaryl/α,β-unsaturated/α-hetero) is 1. The van der Waals surface area contributed by atoms with E-state index in [1.54, 1.807) is 31.2 Å². The maximum absolute atomic E-state index is 12.2. The van der Waals surface area contributed by atoms with Gasteiger partial charge in [0, 0.05) is 16.3 Å². The Labute approximate surface area is 149 Å². The summed E-state index contributed by atoms with van der Waals surface area (Å²) in [4.78, 5) is 23.2. The molecule has 0 saturated carbocycles. The molecule has 0 aliphatic carbocycles. The molecule has 1 aliphatic heterocycles. The number of nitrogens with two attached hydrogens (primary N) is 1. The van der Waals surface area contributed by atoms with E-state index in [1.807, 2.05) is 0 Å². The molecule has 0 saturated heterocycles. The zero-order chi connectivity index (χ0) is 17.9. The van der Waals surface area contributed by atoms with Crippen LogP contribution in [0.3, 0.4) is 0 Å². The van der Waals surface area contributed by atoms with E-state index in [-0.39, 0.29) is 11.5 Å². The molecule has 24 heavy (non-hydrogen) atoms. The number of halogens is 1. The van der Waals surface area contributed by atoms with E-state index in [0.29, 0.717) is 26.9 Å². The lowest BCUT2D eigenvalue weighted by Crippen LogP contribution is -2.27. The number of nitrogens with one attached hydrogen (secondary N) is 1. The van der Waals surface area contributed by atoms with Gasteiger partial charge in [-0.15, -0.1) is 0 Å². The Balaban J connectivity index is 2.57. The van der Waals surface area contributed by atoms with Gasteiger partial charge in [-0.05, 0) is 31.5 Å². The summed E-state index contributed by atoms with van der Waals surface area (Å²) in [6.45, 7) is 3.25. The third-order valence-corrected chi connectivity index (χ3v) is 4.88. The van der Waals surface area contributed by atoms with Crippen LogP contribution in [0.4, 0.5) is 0 Å². The Bertz CT molecular complexity index is 791. The number of rotatable bonds is 5. The highest BCUT2D eigenvalue weighted by atomic mass is 35.5. The summed E-state index contributed by atoms with van der Waals surface area (Å²) in [6, 6.07) is 9.20. The van der Waals surface area contributed by atoms with Gasteiger partial charge < -0.3 is 11.1 Å². The van der Waals surface area contributed by atoms with Gasteiger partial charge in [0.1, 0.15) is 0 Å². The summed E-state index contributed by atoms with van der Waals surface area (Å²) in [5, 5.41) is 13.8. The van der Waals surface area contributed by atoms with Crippen molar-refractivity contribution in [3.8, 4) is 6.07 Å². The summed E-state index contributed by atoms with van der Waals surface area (Å²) >= 11 is 7.10. The SMILES string of the molecule is CC(=O)C1=C(C)NC(SCC(N)=O)=C(C#N)[C@H]1c1ccc(Cl)cc1. The van der Waals surface area contributed by atoms with E-state index in [2.05, 4.69) is 11.4 Å². The number of amides is 1. The molecule has 0 bridgehead atoms. The monoisotopic (exact) mass is 361 g/mol. The van der Waals surface area contributed by atoms with E-state index in [1.165, 1.54) is 6.92 Å². The van der Waals surface area contributed by atoms with Crippen molar-refractivity contribution in [3.63, 3.8) is 0 Å². The van der Waals surface area contributed by atoms with Crippen molar-refractivity contribution in [1.82, 2.24) is 5.32 Å². The molecule has 1 aromatic rings. The summed E-state index contributed by atoms with van der Waals surface area (Å²) < 4.78 is 0. The first-order valence-electron chi connectivity index (χ1n) is 7.14. The first-order chi connectivity index (χ1) is 11.3. The summed E-state index contributed by atoms with van der Waals surface area (Å²) in [6.07, 6.45) is 0. The second-order valence-electron chi connectivity index (χ2n) is 5.31. The first kappa shape index (κ1) is 18.1. The average molecular weight is 362 g/mol. The van der Waals surface area contributed by atoms with Gasteiger partial charge in [-0.1, -0.05) is 35.5 Å². The van der Waals surface area contributed by atoms with E-state index >= 15 is 0 Å². The molecule has 1 aliphatic rings. The van der Waals surface area contributed by atoms with Gasteiger partial charge in [0.25, 0.3) is 0 Å². The van der Waals surface area contributed by atoms with Crippen molar-refractivity contribution in [1.29, 1.82) is 5.26 Å². The maximum atomic E-state index is 12.2. The van der Waals surface area contributed by atoms with Crippen LogP contribution in [-0.4, -0.2) is 17.4 Å². The fourth-order valence-electron chi connectivity index (χ4n) is 2.63. The predicted molar refractivity (Wildman–Crippen MR) is 95.0 cm³/mol. The van der Waals surface area contributed by atoms with Gasteiger partial charge in [0.05, 0.1) is 28.3 Å². The number of nitriles is 1. The number of nitrogens with zero attached hydrogens (tertiary/aromatic N) is 1. The van der Waals surface area contributed by atoms with Crippen molar-refractivity contribution >= 4 is 35.1 Å². The molecular weight excluding hydrogens is 346 g/mol. The minimum absolute atomic E-state index is 0.0452. The number of allylic oxidation sites excluding steroid dienone is 3. The molecular formula is C17H16ClN3O2S. The fourth-order valence-corrected chi connectivity index (χ4v) is 3.58. The van der Waals surface area contributed by atoms with Crippen molar-refractivity contribution < 1.29 is 9.59 Å². The molecule has 2 rings (SSSR count). The van der Waals surface area contributed by atoms with E-state index in [0.717, 1.165) is 17.3 Å². The zero-order valence-corrected chi connectivity index (χ0v) is 14.8. The molecule has 7 heteroatoms. The number of carbonyl (C=O) groups is 2. The van der Waals surface area contributed by atoms with Crippen molar-refractivity contribution in [2.24, 2.45) is 5.73 Å². The number of dihydropyridines is 1. The van der Waals surface area contributed by atoms with Crippen molar-refractivity contribution in [2.75, 3.05) is 5.75 Å². The third-order valence-electron chi connectivity index (χ3n) is 3.59. The maximum Gasteiger partial charge on any atom is 0.227 e. The average Bonchev–Trinajstić information content (AvgIpc) is 2.52. The van der Waals surface area contributed by atoms with Crippen LogP contribution in [0.25, 0.3) is 0 Å². The summed E-state index contributed by atoms with van der Waals surface area (Å²) in [5.74, 6) is -1.05. The lowest BCUT2D eigenvalue weighted by Gasteiger charge is -2.29. The van der Waals surface area contributed by atoms with Crippen LogP contribution >= 0.6 is 23.4 Å². The summed E-state index contributed by atoms with van der Waals surface area (Å²) in [7, 11) is 0. The van der Waals surface area contributed by atoms with Crippen LogP contribution in [-0.2, 0) is 9.59 Å². The Morgan fingerprint density at radius 3 is 2.50 bits per heavy atom. The Morgan fingerprint density at radius 2 is 2.00 bits per heavy atom.